The first kappa shape index (κ1) is 15.3. The first-order chi connectivity index (χ1) is 10.1. The van der Waals surface area contributed by atoms with Crippen molar-refractivity contribution in [3.8, 4) is 0 Å². The Morgan fingerprint density at radius 2 is 2.05 bits per heavy atom. The molecule has 1 aliphatic carbocycles. The van der Waals surface area contributed by atoms with E-state index in [1.807, 2.05) is 6.92 Å². The third kappa shape index (κ3) is 5.07. The average molecular weight is 291 g/mol. The molecular weight excluding hydrogens is 270 g/mol. The van der Waals surface area contributed by atoms with E-state index in [9.17, 15) is 9.59 Å². The fourth-order valence-electron chi connectivity index (χ4n) is 1.94. The van der Waals surface area contributed by atoms with Gasteiger partial charge < -0.3 is 21.1 Å². The van der Waals surface area contributed by atoms with Gasteiger partial charge in [0.25, 0.3) is 0 Å². The second-order valence-corrected chi connectivity index (χ2v) is 5.30. The molecule has 4 N–H and O–H groups in total. The Balaban J connectivity index is 1.75. The van der Waals surface area contributed by atoms with Crippen LogP contribution in [-0.2, 0) is 0 Å². The van der Waals surface area contributed by atoms with E-state index in [4.69, 9.17) is 5.11 Å². The molecule has 2 rings (SSSR count). The SMILES string of the molecule is Cc1ccc(C(=O)O)cc1NC(=O)NCCCNC1CC1. The van der Waals surface area contributed by atoms with Gasteiger partial charge in [-0.15, -0.1) is 0 Å². The van der Waals surface area contributed by atoms with Crippen LogP contribution in [0.2, 0.25) is 0 Å². The number of urea groups is 1. The van der Waals surface area contributed by atoms with E-state index in [1.165, 1.54) is 25.0 Å². The van der Waals surface area contributed by atoms with Crippen LogP contribution >= 0.6 is 0 Å². The molecule has 0 saturated heterocycles. The summed E-state index contributed by atoms with van der Waals surface area (Å²) >= 11 is 0. The van der Waals surface area contributed by atoms with Crippen LogP contribution in [0.5, 0.6) is 0 Å². The van der Waals surface area contributed by atoms with Gasteiger partial charge in [-0.05, 0) is 50.4 Å². The molecule has 0 aliphatic heterocycles. The van der Waals surface area contributed by atoms with Crippen molar-refractivity contribution in [2.45, 2.75) is 32.2 Å². The van der Waals surface area contributed by atoms with Gasteiger partial charge in [0.15, 0.2) is 0 Å². The number of anilines is 1. The second kappa shape index (κ2) is 7.08. The number of benzene rings is 1. The Kier molecular flexibility index (Phi) is 5.16. The zero-order valence-electron chi connectivity index (χ0n) is 12.1. The third-order valence-corrected chi connectivity index (χ3v) is 3.38. The largest absolute Gasteiger partial charge is 0.478 e. The van der Waals surface area contributed by atoms with Gasteiger partial charge in [0.2, 0.25) is 0 Å². The van der Waals surface area contributed by atoms with E-state index in [0.717, 1.165) is 18.5 Å². The highest BCUT2D eigenvalue weighted by atomic mass is 16.4. The number of hydrogen-bond acceptors (Lipinski definition) is 3. The molecule has 0 atom stereocenters. The lowest BCUT2D eigenvalue weighted by atomic mass is 10.1. The van der Waals surface area contributed by atoms with Crippen LogP contribution in [0.25, 0.3) is 0 Å². The van der Waals surface area contributed by atoms with Gasteiger partial charge in [-0.1, -0.05) is 6.07 Å². The quantitative estimate of drug-likeness (QED) is 0.578. The van der Waals surface area contributed by atoms with Gasteiger partial charge in [-0.2, -0.15) is 0 Å². The molecule has 0 heterocycles. The van der Waals surface area contributed by atoms with Crippen molar-refractivity contribution >= 4 is 17.7 Å². The number of carbonyl (C=O) groups excluding carboxylic acids is 1. The number of carboxylic acid groups (broad SMARTS) is 1. The fraction of sp³-hybridized carbons (Fsp3) is 0.467. The van der Waals surface area contributed by atoms with E-state index >= 15 is 0 Å². The molecule has 114 valence electrons. The smallest absolute Gasteiger partial charge is 0.335 e. The molecule has 21 heavy (non-hydrogen) atoms. The van der Waals surface area contributed by atoms with E-state index in [0.29, 0.717) is 18.3 Å². The first-order valence-electron chi connectivity index (χ1n) is 7.18. The molecule has 0 aromatic heterocycles. The zero-order valence-corrected chi connectivity index (χ0v) is 12.1. The predicted octanol–water partition coefficient (Wildman–Crippen LogP) is 1.96. The lowest BCUT2D eigenvalue weighted by molar-refractivity contribution is 0.0697. The average Bonchev–Trinajstić information content (AvgIpc) is 3.24. The first-order valence-corrected chi connectivity index (χ1v) is 7.18. The van der Waals surface area contributed by atoms with Crippen LogP contribution in [0.4, 0.5) is 10.5 Å². The molecule has 0 unspecified atom stereocenters. The van der Waals surface area contributed by atoms with E-state index in [-0.39, 0.29) is 11.6 Å². The lowest BCUT2D eigenvalue weighted by Gasteiger charge is -2.11. The lowest BCUT2D eigenvalue weighted by Crippen LogP contribution is -2.31. The molecule has 1 fully saturated rings. The number of nitrogens with one attached hydrogen (secondary N) is 3. The Labute approximate surface area is 123 Å². The summed E-state index contributed by atoms with van der Waals surface area (Å²) < 4.78 is 0. The molecule has 2 amide bonds. The second-order valence-electron chi connectivity index (χ2n) is 5.30. The Hall–Kier alpha value is -2.08. The van der Waals surface area contributed by atoms with Crippen LogP contribution in [0.3, 0.4) is 0 Å². The van der Waals surface area contributed by atoms with Crippen LogP contribution in [-0.4, -0.2) is 36.2 Å². The minimum absolute atomic E-state index is 0.157. The summed E-state index contributed by atoms with van der Waals surface area (Å²) in [6, 6.07) is 5.03. The summed E-state index contributed by atoms with van der Waals surface area (Å²) in [5.74, 6) is -1.01. The minimum atomic E-state index is -1.01. The highest BCUT2D eigenvalue weighted by Gasteiger charge is 2.19. The maximum absolute atomic E-state index is 11.8. The molecule has 1 aromatic rings. The molecule has 0 bridgehead atoms. The number of hydrogen-bond donors (Lipinski definition) is 4. The van der Waals surface area contributed by atoms with Crippen molar-refractivity contribution in [1.29, 1.82) is 0 Å². The summed E-state index contributed by atoms with van der Waals surface area (Å²) in [6.07, 6.45) is 3.39. The van der Waals surface area contributed by atoms with Crippen molar-refractivity contribution in [3.63, 3.8) is 0 Å². The summed E-state index contributed by atoms with van der Waals surface area (Å²) in [7, 11) is 0. The van der Waals surface area contributed by atoms with Crippen molar-refractivity contribution in [3.05, 3.63) is 29.3 Å². The number of rotatable bonds is 7. The van der Waals surface area contributed by atoms with Crippen LogP contribution in [0.1, 0.15) is 35.2 Å². The van der Waals surface area contributed by atoms with Crippen molar-refractivity contribution in [2.24, 2.45) is 0 Å². The minimum Gasteiger partial charge on any atom is -0.478 e. The maximum Gasteiger partial charge on any atom is 0.335 e. The molecule has 1 aliphatic rings. The van der Waals surface area contributed by atoms with Crippen molar-refractivity contribution in [2.75, 3.05) is 18.4 Å². The van der Waals surface area contributed by atoms with Crippen LogP contribution < -0.4 is 16.0 Å². The molecule has 1 aromatic carbocycles. The summed E-state index contributed by atoms with van der Waals surface area (Å²) in [4.78, 5) is 22.7. The number of carbonyl (C=O) groups is 2. The van der Waals surface area contributed by atoms with Gasteiger partial charge in [0.05, 0.1) is 5.56 Å². The molecule has 1 saturated carbocycles. The zero-order chi connectivity index (χ0) is 15.2. The molecule has 6 nitrogen and oxygen atoms in total. The summed E-state index contributed by atoms with van der Waals surface area (Å²) in [5.41, 5.74) is 1.50. The Morgan fingerprint density at radius 1 is 1.29 bits per heavy atom. The van der Waals surface area contributed by atoms with Gasteiger partial charge >= 0.3 is 12.0 Å². The predicted molar refractivity (Wildman–Crippen MR) is 80.8 cm³/mol. The molecule has 6 heteroatoms. The molecule has 0 spiro atoms. The third-order valence-electron chi connectivity index (χ3n) is 3.38. The summed E-state index contributed by atoms with van der Waals surface area (Å²) in [6.45, 7) is 3.31. The number of aryl methyl sites for hydroxylation is 1. The Morgan fingerprint density at radius 3 is 2.71 bits per heavy atom. The van der Waals surface area contributed by atoms with Crippen molar-refractivity contribution < 1.29 is 14.7 Å². The van der Waals surface area contributed by atoms with Crippen molar-refractivity contribution in [1.82, 2.24) is 10.6 Å². The summed E-state index contributed by atoms with van der Waals surface area (Å²) in [5, 5.41) is 17.8. The van der Waals surface area contributed by atoms with Gasteiger partial charge in [-0.25, -0.2) is 9.59 Å². The van der Waals surface area contributed by atoms with Gasteiger partial charge in [0.1, 0.15) is 0 Å². The maximum atomic E-state index is 11.8. The highest BCUT2D eigenvalue weighted by Crippen LogP contribution is 2.18. The molecular formula is C15H21N3O3. The van der Waals surface area contributed by atoms with Gasteiger partial charge in [0, 0.05) is 18.3 Å². The van der Waals surface area contributed by atoms with Crippen LogP contribution in [0.15, 0.2) is 18.2 Å². The topological polar surface area (TPSA) is 90.5 Å². The normalized spacial score (nSPS) is 13.8. The van der Waals surface area contributed by atoms with E-state index in [1.54, 1.807) is 6.07 Å². The fourth-order valence-corrected chi connectivity index (χ4v) is 1.94. The number of amides is 2. The monoisotopic (exact) mass is 291 g/mol. The van der Waals surface area contributed by atoms with Crippen LogP contribution in [0, 0.1) is 6.92 Å². The van der Waals surface area contributed by atoms with E-state index in [2.05, 4.69) is 16.0 Å². The van der Waals surface area contributed by atoms with E-state index < -0.39 is 5.97 Å². The number of aromatic carboxylic acids is 1. The number of carboxylic acids is 1. The van der Waals surface area contributed by atoms with Gasteiger partial charge in [-0.3, -0.25) is 0 Å². The Bertz CT molecular complexity index is 527. The standard InChI is InChI=1S/C15H21N3O3/c1-10-3-4-11(14(19)20)9-13(10)18-15(21)17-8-2-7-16-12-5-6-12/h3-4,9,12,16H,2,5-8H2,1H3,(H,19,20)(H2,17,18,21). The molecule has 0 radical (unpaired) electrons. The highest BCUT2D eigenvalue weighted by molar-refractivity contribution is 5.93.